The third-order valence-electron chi connectivity index (χ3n) is 5.71. The van der Waals surface area contributed by atoms with Crippen molar-refractivity contribution in [3.63, 3.8) is 0 Å². The first-order chi connectivity index (χ1) is 15.0. The van der Waals surface area contributed by atoms with Gasteiger partial charge < -0.3 is 5.32 Å². The Bertz CT molecular complexity index is 1030. The SMILES string of the molecule is CC(=O)Nc1ccc(CN2CCCC(c3cccc(Cc4cccc(F)c4)n3)C2)cc1. The molecule has 4 nitrogen and oxygen atoms in total. The zero-order valence-electron chi connectivity index (χ0n) is 17.9. The second-order valence-electron chi connectivity index (χ2n) is 8.31. The van der Waals surface area contributed by atoms with E-state index in [1.165, 1.54) is 18.6 Å². The fourth-order valence-corrected chi connectivity index (χ4v) is 4.28. The van der Waals surface area contributed by atoms with Crippen LogP contribution in [0.5, 0.6) is 0 Å². The van der Waals surface area contributed by atoms with Gasteiger partial charge in [-0.15, -0.1) is 0 Å². The Kier molecular flexibility index (Phi) is 6.73. The van der Waals surface area contributed by atoms with Crippen LogP contribution in [-0.2, 0) is 17.8 Å². The third kappa shape index (κ3) is 5.98. The predicted molar refractivity (Wildman–Crippen MR) is 121 cm³/mol. The molecule has 1 aliphatic rings. The molecular weight excluding hydrogens is 389 g/mol. The van der Waals surface area contributed by atoms with Gasteiger partial charge in [0, 0.05) is 49.4 Å². The van der Waals surface area contributed by atoms with Gasteiger partial charge in [-0.3, -0.25) is 14.7 Å². The highest BCUT2D eigenvalue weighted by atomic mass is 19.1. The lowest BCUT2D eigenvalue weighted by Crippen LogP contribution is -2.34. The van der Waals surface area contributed by atoms with Crippen molar-refractivity contribution in [2.75, 3.05) is 18.4 Å². The topological polar surface area (TPSA) is 45.2 Å². The summed E-state index contributed by atoms with van der Waals surface area (Å²) in [6, 6.07) is 21.0. The predicted octanol–water partition coefficient (Wildman–Crippen LogP) is 5.15. The van der Waals surface area contributed by atoms with Crippen LogP contribution in [0.25, 0.3) is 0 Å². The minimum absolute atomic E-state index is 0.0567. The molecule has 0 bridgehead atoms. The van der Waals surface area contributed by atoms with Gasteiger partial charge in [0.15, 0.2) is 0 Å². The van der Waals surface area contributed by atoms with E-state index < -0.39 is 0 Å². The van der Waals surface area contributed by atoms with Gasteiger partial charge in [0.05, 0.1) is 0 Å². The van der Waals surface area contributed by atoms with Crippen LogP contribution in [0, 0.1) is 5.82 Å². The molecule has 1 aliphatic heterocycles. The van der Waals surface area contributed by atoms with E-state index in [1.807, 2.05) is 24.3 Å². The van der Waals surface area contributed by atoms with Crippen molar-refractivity contribution in [2.45, 2.75) is 38.6 Å². The van der Waals surface area contributed by atoms with Crippen molar-refractivity contribution < 1.29 is 9.18 Å². The number of anilines is 1. The van der Waals surface area contributed by atoms with Gasteiger partial charge in [-0.2, -0.15) is 0 Å². The highest BCUT2D eigenvalue weighted by Crippen LogP contribution is 2.27. The van der Waals surface area contributed by atoms with Crippen LogP contribution in [0.15, 0.2) is 66.7 Å². The summed E-state index contributed by atoms with van der Waals surface area (Å²) in [7, 11) is 0. The molecule has 0 radical (unpaired) electrons. The van der Waals surface area contributed by atoms with E-state index in [9.17, 15) is 9.18 Å². The van der Waals surface area contributed by atoms with Gasteiger partial charge in [0.1, 0.15) is 5.82 Å². The van der Waals surface area contributed by atoms with E-state index in [2.05, 4.69) is 34.5 Å². The van der Waals surface area contributed by atoms with Crippen LogP contribution in [0.1, 0.15) is 48.2 Å². The number of hydrogen-bond donors (Lipinski definition) is 1. The average molecular weight is 418 g/mol. The lowest BCUT2D eigenvalue weighted by molar-refractivity contribution is -0.114. The summed E-state index contributed by atoms with van der Waals surface area (Å²) in [5, 5.41) is 2.81. The van der Waals surface area contributed by atoms with Crippen molar-refractivity contribution in [1.82, 2.24) is 9.88 Å². The molecular formula is C26H28FN3O. The van der Waals surface area contributed by atoms with Crippen molar-refractivity contribution in [3.05, 3.63) is 95.1 Å². The molecule has 5 heteroatoms. The molecule has 3 aromatic rings. The molecule has 0 saturated carbocycles. The van der Waals surface area contributed by atoms with Crippen molar-refractivity contribution in [3.8, 4) is 0 Å². The second kappa shape index (κ2) is 9.84. The van der Waals surface area contributed by atoms with Gasteiger partial charge in [-0.25, -0.2) is 4.39 Å². The monoisotopic (exact) mass is 417 g/mol. The number of carbonyl (C=O) groups is 1. The number of nitrogens with one attached hydrogen (secondary N) is 1. The molecule has 1 unspecified atom stereocenters. The van der Waals surface area contributed by atoms with E-state index in [0.717, 1.165) is 55.1 Å². The highest BCUT2D eigenvalue weighted by molar-refractivity contribution is 5.88. The fourth-order valence-electron chi connectivity index (χ4n) is 4.28. The molecule has 1 N–H and O–H groups in total. The number of rotatable bonds is 6. The largest absolute Gasteiger partial charge is 0.326 e. The minimum Gasteiger partial charge on any atom is -0.326 e. The van der Waals surface area contributed by atoms with E-state index in [0.29, 0.717) is 12.3 Å². The number of aromatic nitrogens is 1. The molecule has 1 fully saturated rings. The van der Waals surface area contributed by atoms with Gasteiger partial charge in [-0.1, -0.05) is 30.3 Å². The van der Waals surface area contributed by atoms with E-state index in [1.54, 1.807) is 12.1 Å². The maximum atomic E-state index is 13.5. The molecule has 31 heavy (non-hydrogen) atoms. The van der Waals surface area contributed by atoms with Crippen LogP contribution >= 0.6 is 0 Å². The Balaban J connectivity index is 1.39. The summed E-state index contributed by atoms with van der Waals surface area (Å²) >= 11 is 0. The van der Waals surface area contributed by atoms with Gasteiger partial charge in [0.2, 0.25) is 5.91 Å². The lowest BCUT2D eigenvalue weighted by Gasteiger charge is -2.32. The van der Waals surface area contributed by atoms with Gasteiger partial charge in [-0.05, 0) is 66.9 Å². The summed E-state index contributed by atoms with van der Waals surface area (Å²) in [5.41, 5.74) is 5.11. The minimum atomic E-state index is -0.207. The van der Waals surface area contributed by atoms with Gasteiger partial charge >= 0.3 is 0 Å². The first-order valence-electron chi connectivity index (χ1n) is 10.8. The number of amides is 1. The Labute approximate surface area is 183 Å². The number of nitrogens with zero attached hydrogens (tertiary/aromatic N) is 2. The number of carbonyl (C=O) groups excluding carboxylic acids is 1. The Morgan fingerprint density at radius 1 is 1.10 bits per heavy atom. The zero-order valence-corrected chi connectivity index (χ0v) is 17.9. The van der Waals surface area contributed by atoms with Crippen LogP contribution in [0.4, 0.5) is 10.1 Å². The van der Waals surface area contributed by atoms with E-state index >= 15 is 0 Å². The molecule has 0 aliphatic carbocycles. The highest BCUT2D eigenvalue weighted by Gasteiger charge is 2.22. The molecule has 1 saturated heterocycles. The summed E-state index contributed by atoms with van der Waals surface area (Å²) in [6.07, 6.45) is 2.92. The molecule has 1 atom stereocenters. The third-order valence-corrected chi connectivity index (χ3v) is 5.71. The first kappa shape index (κ1) is 21.2. The molecule has 160 valence electrons. The molecule has 2 aromatic carbocycles. The summed E-state index contributed by atoms with van der Waals surface area (Å²) < 4.78 is 13.5. The van der Waals surface area contributed by atoms with E-state index in [4.69, 9.17) is 4.98 Å². The number of hydrogen-bond acceptors (Lipinski definition) is 3. The summed E-state index contributed by atoms with van der Waals surface area (Å²) in [5.74, 6) is 0.139. The first-order valence-corrected chi connectivity index (χ1v) is 10.8. The number of pyridine rings is 1. The zero-order chi connectivity index (χ0) is 21.6. The van der Waals surface area contributed by atoms with Crippen LogP contribution in [0.3, 0.4) is 0 Å². The fraction of sp³-hybridized carbons (Fsp3) is 0.308. The quantitative estimate of drug-likeness (QED) is 0.603. The molecule has 1 amide bonds. The van der Waals surface area contributed by atoms with Gasteiger partial charge in [0.25, 0.3) is 0 Å². The van der Waals surface area contributed by atoms with Crippen molar-refractivity contribution in [2.24, 2.45) is 0 Å². The molecule has 2 heterocycles. The van der Waals surface area contributed by atoms with Crippen LogP contribution < -0.4 is 5.32 Å². The number of halogens is 1. The van der Waals surface area contributed by atoms with Crippen LogP contribution in [0.2, 0.25) is 0 Å². The Hall–Kier alpha value is -3.05. The molecule has 0 spiro atoms. The molecule has 4 rings (SSSR count). The molecule has 1 aromatic heterocycles. The maximum Gasteiger partial charge on any atom is 0.221 e. The van der Waals surface area contributed by atoms with Crippen molar-refractivity contribution >= 4 is 11.6 Å². The van der Waals surface area contributed by atoms with Crippen molar-refractivity contribution in [1.29, 1.82) is 0 Å². The second-order valence-corrected chi connectivity index (χ2v) is 8.31. The standard InChI is InChI=1S/C26H28FN3O/c1-19(31)28-24-12-10-20(11-13-24)17-30-14-4-6-22(18-30)26-9-3-8-25(29-26)16-21-5-2-7-23(27)15-21/h2-3,5,7-13,15,22H,4,6,14,16-18H2,1H3,(H,28,31). The smallest absolute Gasteiger partial charge is 0.221 e. The van der Waals surface area contributed by atoms with Crippen LogP contribution in [-0.4, -0.2) is 28.9 Å². The number of likely N-dealkylation sites (tertiary alicyclic amines) is 1. The summed E-state index contributed by atoms with van der Waals surface area (Å²) in [4.78, 5) is 18.6. The van der Waals surface area contributed by atoms with E-state index in [-0.39, 0.29) is 11.7 Å². The number of benzene rings is 2. The Morgan fingerprint density at radius 2 is 1.90 bits per heavy atom. The Morgan fingerprint density at radius 3 is 2.68 bits per heavy atom. The lowest BCUT2D eigenvalue weighted by atomic mass is 9.93. The normalized spacial score (nSPS) is 16.8. The maximum absolute atomic E-state index is 13.5. The average Bonchev–Trinajstić information content (AvgIpc) is 2.75. The number of piperidine rings is 1. The summed E-state index contributed by atoms with van der Waals surface area (Å²) in [6.45, 7) is 4.46.